The summed E-state index contributed by atoms with van der Waals surface area (Å²) in [6, 6.07) is 11.6. The van der Waals surface area contributed by atoms with E-state index >= 15 is 0 Å². The first kappa shape index (κ1) is 17.3. The van der Waals surface area contributed by atoms with Crippen LogP contribution in [0.2, 0.25) is 0 Å². The zero-order chi connectivity index (χ0) is 17.5. The van der Waals surface area contributed by atoms with Crippen molar-refractivity contribution < 1.29 is 18.4 Å². The van der Waals surface area contributed by atoms with Crippen molar-refractivity contribution in [3.8, 4) is 0 Å². The molecule has 124 valence electrons. The van der Waals surface area contributed by atoms with Crippen LogP contribution < -0.4 is 11.1 Å². The van der Waals surface area contributed by atoms with E-state index in [0.29, 0.717) is 0 Å². The molecule has 0 saturated heterocycles. The summed E-state index contributed by atoms with van der Waals surface area (Å²) in [5.74, 6) is -4.07. The molecule has 0 heterocycles. The first-order valence-corrected chi connectivity index (χ1v) is 7.25. The monoisotopic (exact) mass is 330 g/mol. The summed E-state index contributed by atoms with van der Waals surface area (Å²) in [6.45, 7) is 0. The minimum Gasteiger partial charge on any atom is -0.368 e. The summed E-state index contributed by atoms with van der Waals surface area (Å²) in [4.78, 5) is 23.5. The maximum atomic E-state index is 13.6. The maximum Gasteiger partial charge on any atom is 0.255 e. The molecule has 2 amide bonds. The van der Waals surface area contributed by atoms with Crippen LogP contribution in [-0.4, -0.2) is 17.9 Å². The van der Waals surface area contributed by atoms with Crippen LogP contribution in [0.5, 0.6) is 0 Å². The van der Waals surface area contributed by atoms with Gasteiger partial charge in [0.15, 0.2) is 11.6 Å². The molecule has 0 saturated carbocycles. The van der Waals surface area contributed by atoms with Crippen LogP contribution in [0.15, 0.2) is 54.6 Å². The Morgan fingerprint density at radius 1 is 1.08 bits per heavy atom. The van der Waals surface area contributed by atoms with Crippen molar-refractivity contribution in [2.75, 3.05) is 0 Å². The third-order valence-electron chi connectivity index (χ3n) is 3.33. The molecule has 0 fully saturated rings. The zero-order valence-corrected chi connectivity index (χ0v) is 12.7. The van der Waals surface area contributed by atoms with Gasteiger partial charge < -0.3 is 11.1 Å². The van der Waals surface area contributed by atoms with Crippen molar-refractivity contribution in [3.63, 3.8) is 0 Å². The first-order chi connectivity index (χ1) is 11.5. The summed E-state index contributed by atoms with van der Waals surface area (Å²) < 4.78 is 26.8. The van der Waals surface area contributed by atoms with E-state index in [9.17, 15) is 18.4 Å². The van der Waals surface area contributed by atoms with Gasteiger partial charge in [-0.05, 0) is 24.1 Å². The summed E-state index contributed by atoms with van der Waals surface area (Å²) in [7, 11) is 0. The van der Waals surface area contributed by atoms with Gasteiger partial charge in [0.2, 0.25) is 5.91 Å². The van der Waals surface area contributed by atoms with Crippen LogP contribution in [0, 0.1) is 11.6 Å². The van der Waals surface area contributed by atoms with Crippen molar-refractivity contribution in [2.24, 2.45) is 5.73 Å². The Morgan fingerprint density at radius 3 is 2.46 bits per heavy atom. The Hall–Kier alpha value is -3.02. The predicted octanol–water partition coefficient (Wildman–Crippen LogP) is 2.65. The molecule has 0 unspecified atom stereocenters. The number of halogens is 2. The molecule has 2 aromatic rings. The molecular weight excluding hydrogens is 314 g/mol. The van der Waals surface area contributed by atoms with Crippen LogP contribution in [0.4, 0.5) is 8.78 Å². The minimum atomic E-state index is -1.27. The number of amides is 2. The Balaban J connectivity index is 2.06. The minimum absolute atomic E-state index is 0.132. The van der Waals surface area contributed by atoms with E-state index in [1.165, 1.54) is 6.07 Å². The number of carbonyl (C=O) groups excluding carboxylic acids is 2. The number of hydrogen-bond acceptors (Lipinski definition) is 2. The van der Waals surface area contributed by atoms with Crippen molar-refractivity contribution in [1.82, 2.24) is 5.32 Å². The van der Waals surface area contributed by atoms with E-state index < -0.39 is 35.1 Å². The van der Waals surface area contributed by atoms with Crippen LogP contribution in [0.3, 0.4) is 0 Å². The lowest BCUT2D eigenvalue weighted by Gasteiger charge is -2.14. The van der Waals surface area contributed by atoms with Crippen molar-refractivity contribution >= 4 is 17.9 Å². The van der Waals surface area contributed by atoms with Gasteiger partial charge >= 0.3 is 0 Å². The lowest BCUT2D eigenvalue weighted by Crippen LogP contribution is -2.44. The standard InChI is InChI=1S/C18H16F2N2O2/c19-14-10-5-9-13(16(14)20)18(24)22-15(17(21)23)11-4-8-12-6-2-1-3-7-12/h1-10,15H,11H2,(H2,21,23)(H,22,24)/b8-4+/t15-/m1/s1. The van der Waals surface area contributed by atoms with E-state index in [1.54, 1.807) is 12.2 Å². The Morgan fingerprint density at radius 2 is 1.79 bits per heavy atom. The SMILES string of the molecule is NC(=O)[C@@H](C/C=C/c1ccccc1)NC(=O)c1cccc(F)c1F. The first-order valence-electron chi connectivity index (χ1n) is 7.25. The number of rotatable bonds is 6. The molecule has 0 aliphatic carbocycles. The predicted molar refractivity (Wildman–Crippen MR) is 86.9 cm³/mol. The molecule has 3 N–H and O–H groups in total. The third kappa shape index (κ3) is 4.49. The molecule has 0 bridgehead atoms. The molecule has 6 heteroatoms. The van der Waals surface area contributed by atoms with E-state index in [-0.39, 0.29) is 6.42 Å². The van der Waals surface area contributed by atoms with Crippen LogP contribution in [-0.2, 0) is 4.79 Å². The molecular formula is C18H16F2N2O2. The van der Waals surface area contributed by atoms with E-state index in [0.717, 1.165) is 17.7 Å². The molecule has 0 aliphatic heterocycles. The van der Waals surface area contributed by atoms with Gasteiger partial charge in [-0.25, -0.2) is 8.78 Å². The average Bonchev–Trinajstić information content (AvgIpc) is 2.57. The normalized spacial score (nSPS) is 12.1. The maximum absolute atomic E-state index is 13.6. The third-order valence-corrected chi connectivity index (χ3v) is 3.33. The fourth-order valence-corrected chi connectivity index (χ4v) is 2.07. The molecule has 2 rings (SSSR count). The molecule has 4 nitrogen and oxygen atoms in total. The van der Waals surface area contributed by atoms with Gasteiger partial charge in [-0.2, -0.15) is 0 Å². The van der Waals surface area contributed by atoms with Crippen molar-refractivity contribution in [3.05, 3.63) is 77.4 Å². The van der Waals surface area contributed by atoms with Gasteiger partial charge in [-0.1, -0.05) is 48.6 Å². The van der Waals surface area contributed by atoms with Crippen molar-refractivity contribution in [1.29, 1.82) is 0 Å². The molecule has 0 spiro atoms. The highest BCUT2D eigenvalue weighted by Gasteiger charge is 2.21. The zero-order valence-electron chi connectivity index (χ0n) is 12.7. The van der Waals surface area contributed by atoms with Crippen LogP contribution in [0.1, 0.15) is 22.3 Å². The largest absolute Gasteiger partial charge is 0.368 e. The molecule has 1 atom stereocenters. The summed E-state index contributed by atoms with van der Waals surface area (Å²) in [5.41, 5.74) is 5.70. The Labute approximate surface area is 138 Å². The summed E-state index contributed by atoms with van der Waals surface area (Å²) >= 11 is 0. The quantitative estimate of drug-likeness (QED) is 0.855. The summed E-state index contributed by atoms with van der Waals surface area (Å²) in [6.07, 6.45) is 3.57. The van der Waals surface area contributed by atoms with Crippen LogP contribution >= 0.6 is 0 Å². The van der Waals surface area contributed by atoms with E-state index in [1.807, 2.05) is 30.3 Å². The summed E-state index contributed by atoms with van der Waals surface area (Å²) in [5, 5.41) is 2.32. The highest BCUT2D eigenvalue weighted by molar-refractivity contribution is 5.97. The van der Waals surface area contributed by atoms with Gasteiger partial charge in [0, 0.05) is 0 Å². The lowest BCUT2D eigenvalue weighted by atomic mass is 10.1. The molecule has 0 aliphatic rings. The van der Waals surface area contributed by atoms with Crippen LogP contribution in [0.25, 0.3) is 6.08 Å². The average molecular weight is 330 g/mol. The highest BCUT2D eigenvalue weighted by Crippen LogP contribution is 2.12. The van der Waals surface area contributed by atoms with Gasteiger partial charge in [-0.3, -0.25) is 9.59 Å². The number of benzene rings is 2. The number of carbonyl (C=O) groups is 2. The number of nitrogens with two attached hydrogens (primary N) is 1. The van der Waals surface area contributed by atoms with Gasteiger partial charge in [0.05, 0.1) is 5.56 Å². The van der Waals surface area contributed by atoms with Gasteiger partial charge in [0.25, 0.3) is 5.91 Å². The second-order valence-electron chi connectivity index (χ2n) is 5.08. The Bertz CT molecular complexity index is 761. The molecule has 0 radical (unpaired) electrons. The smallest absolute Gasteiger partial charge is 0.255 e. The fraction of sp³-hybridized carbons (Fsp3) is 0.111. The Kier molecular flexibility index (Phi) is 5.78. The molecule has 2 aromatic carbocycles. The number of nitrogens with one attached hydrogen (secondary N) is 1. The molecule has 24 heavy (non-hydrogen) atoms. The van der Waals surface area contributed by atoms with Crippen molar-refractivity contribution in [2.45, 2.75) is 12.5 Å². The topological polar surface area (TPSA) is 72.2 Å². The highest BCUT2D eigenvalue weighted by atomic mass is 19.2. The number of primary amides is 1. The fourth-order valence-electron chi connectivity index (χ4n) is 2.07. The second kappa shape index (κ2) is 8.01. The molecule has 0 aromatic heterocycles. The van der Waals surface area contributed by atoms with E-state index in [2.05, 4.69) is 5.32 Å². The second-order valence-corrected chi connectivity index (χ2v) is 5.08. The lowest BCUT2D eigenvalue weighted by molar-refractivity contribution is -0.119. The van der Waals surface area contributed by atoms with Gasteiger partial charge in [0.1, 0.15) is 6.04 Å². The van der Waals surface area contributed by atoms with E-state index in [4.69, 9.17) is 5.73 Å². The number of hydrogen-bond donors (Lipinski definition) is 2. The van der Waals surface area contributed by atoms with Gasteiger partial charge in [-0.15, -0.1) is 0 Å².